The van der Waals surface area contributed by atoms with Gasteiger partial charge in [0.2, 0.25) is 0 Å². The molecule has 0 fully saturated rings. The number of rotatable bonds is 2. The van der Waals surface area contributed by atoms with E-state index in [-0.39, 0.29) is 17.4 Å². The number of halogens is 1. The summed E-state index contributed by atoms with van der Waals surface area (Å²) in [6.07, 6.45) is 1.49. The normalized spacial score (nSPS) is 11.9. The third-order valence-electron chi connectivity index (χ3n) is 4.10. The van der Waals surface area contributed by atoms with Gasteiger partial charge in [0.1, 0.15) is 5.82 Å². The standard InChI is InChI=1S/C19H19FN2O2/c1-19(2,3)14-8-13-10-21-22(18(24)17(13)15(20)9-14)16-7-5-4-6-12(16)11-23/h4-10,23H,11H2,1-3H3. The molecule has 0 unspecified atom stereocenters. The topological polar surface area (TPSA) is 55.1 Å². The number of para-hydroxylation sites is 1. The van der Waals surface area contributed by atoms with Gasteiger partial charge in [-0.1, -0.05) is 39.0 Å². The lowest BCUT2D eigenvalue weighted by atomic mass is 9.86. The van der Waals surface area contributed by atoms with E-state index in [1.807, 2.05) is 20.8 Å². The molecule has 1 N–H and O–H groups in total. The third kappa shape index (κ3) is 2.71. The Bertz CT molecular complexity index is 971. The lowest BCUT2D eigenvalue weighted by Gasteiger charge is -2.20. The lowest BCUT2D eigenvalue weighted by Crippen LogP contribution is -2.23. The Morgan fingerprint density at radius 3 is 2.58 bits per heavy atom. The summed E-state index contributed by atoms with van der Waals surface area (Å²) in [6.45, 7) is 5.73. The Hall–Kier alpha value is -2.53. The van der Waals surface area contributed by atoms with Gasteiger partial charge < -0.3 is 5.11 Å². The summed E-state index contributed by atoms with van der Waals surface area (Å²) in [7, 11) is 0. The summed E-state index contributed by atoms with van der Waals surface area (Å²) in [4.78, 5) is 12.8. The number of nitrogens with zero attached hydrogens (tertiary/aromatic N) is 2. The van der Waals surface area contributed by atoms with Crippen LogP contribution in [-0.2, 0) is 12.0 Å². The number of hydrogen-bond donors (Lipinski definition) is 1. The van der Waals surface area contributed by atoms with Crippen molar-refractivity contribution in [3.05, 3.63) is 69.9 Å². The second-order valence-corrected chi connectivity index (χ2v) is 6.82. The molecular formula is C19H19FN2O2. The highest BCUT2D eigenvalue weighted by atomic mass is 19.1. The van der Waals surface area contributed by atoms with E-state index in [1.54, 1.807) is 30.3 Å². The second-order valence-electron chi connectivity index (χ2n) is 6.82. The highest BCUT2D eigenvalue weighted by molar-refractivity contribution is 5.82. The minimum Gasteiger partial charge on any atom is -0.392 e. The Labute approximate surface area is 139 Å². The molecule has 3 rings (SSSR count). The molecule has 0 aliphatic heterocycles. The maximum absolute atomic E-state index is 14.6. The molecule has 0 aliphatic carbocycles. The molecule has 0 spiro atoms. The van der Waals surface area contributed by atoms with Crippen LogP contribution in [0.4, 0.5) is 4.39 Å². The summed E-state index contributed by atoms with van der Waals surface area (Å²) in [6, 6.07) is 10.1. The molecule has 0 saturated carbocycles. The number of benzene rings is 2. The van der Waals surface area contributed by atoms with Crippen molar-refractivity contribution in [2.75, 3.05) is 0 Å². The van der Waals surface area contributed by atoms with Crippen LogP contribution in [0.25, 0.3) is 16.5 Å². The monoisotopic (exact) mass is 326 g/mol. The number of fused-ring (bicyclic) bond motifs is 1. The molecule has 124 valence electrons. The van der Waals surface area contributed by atoms with E-state index in [0.29, 0.717) is 16.6 Å². The van der Waals surface area contributed by atoms with Gasteiger partial charge in [-0.05, 0) is 29.2 Å². The van der Waals surface area contributed by atoms with Crippen LogP contribution in [0, 0.1) is 5.82 Å². The van der Waals surface area contributed by atoms with Crippen molar-refractivity contribution >= 4 is 10.8 Å². The minimum atomic E-state index is -0.556. The molecule has 5 heteroatoms. The van der Waals surface area contributed by atoms with Crippen LogP contribution in [0.5, 0.6) is 0 Å². The maximum atomic E-state index is 14.6. The fourth-order valence-corrected chi connectivity index (χ4v) is 2.69. The molecule has 1 heterocycles. The van der Waals surface area contributed by atoms with Gasteiger partial charge in [0.15, 0.2) is 0 Å². The summed E-state index contributed by atoms with van der Waals surface area (Å²) in [5.74, 6) is -0.556. The van der Waals surface area contributed by atoms with E-state index in [9.17, 15) is 14.3 Å². The van der Waals surface area contributed by atoms with Crippen molar-refractivity contribution < 1.29 is 9.50 Å². The molecule has 0 atom stereocenters. The van der Waals surface area contributed by atoms with Gasteiger partial charge in [0.25, 0.3) is 5.56 Å². The molecule has 0 aliphatic rings. The van der Waals surface area contributed by atoms with Gasteiger partial charge in [0.05, 0.1) is 23.9 Å². The third-order valence-corrected chi connectivity index (χ3v) is 4.10. The molecule has 4 nitrogen and oxygen atoms in total. The van der Waals surface area contributed by atoms with Crippen LogP contribution in [-0.4, -0.2) is 14.9 Å². The lowest BCUT2D eigenvalue weighted by molar-refractivity contribution is 0.281. The average molecular weight is 326 g/mol. The predicted octanol–water partition coefficient (Wildman–Crippen LogP) is 3.31. The highest BCUT2D eigenvalue weighted by Crippen LogP contribution is 2.27. The highest BCUT2D eigenvalue weighted by Gasteiger charge is 2.19. The molecule has 0 radical (unpaired) electrons. The largest absolute Gasteiger partial charge is 0.392 e. The summed E-state index contributed by atoms with van der Waals surface area (Å²) >= 11 is 0. The second kappa shape index (κ2) is 5.83. The number of aromatic nitrogens is 2. The molecule has 0 amide bonds. The Morgan fingerprint density at radius 1 is 1.21 bits per heavy atom. The minimum absolute atomic E-state index is 0.00532. The van der Waals surface area contributed by atoms with Crippen LogP contribution in [0.1, 0.15) is 31.9 Å². The SMILES string of the molecule is CC(C)(C)c1cc(F)c2c(=O)n(-c3ccccc3CO)ncc2c1. The molecule has 24 heavy (non-hydrogen) atoms. The average Bonchev–Trinajstić information content (AvgIpc) is 2.54. The molecule has 1 aromatic heterocycles. The fourth-order valence-electron chi connectivity index (χ4n) is 2.69. The van der Waals surface area contributed by atoms with Gasteiger partial charge >= 0.3 is 0 Å². The van der Waals surface area contributed by atoms with Gasteiger partial charge in [-0.15, -0.1) is 0 Å². The number of aliphatic hydroxyl groups is 1. The molecule has 0 saturated heterocycles. The zero-order valence-corrected chi connectivity index (χ0v) is 13.9. The summed E-state index contributed by atoms with van der Waals surface area (Å²) < 4.78 is 15.8. The first-order valence-electron chi connectivity index (χ1n) is 7.74. The van der Waals surface area contributed by atoms with Crippen molar-refractivity contribution in [3.8, 4) is 5.69 Å². The molecule has 3 aromatic rings. The first-order chi connectivity index (χ1) is 11.3. The quantitative estimate of drug-likeness (QED) is 0.786. The van der Waals surface area contributed by atoms with Crippen molar-refractivity contribution in [1.29, 1.82) is 0 Å². The van der Waals surface area contributed by atoms with E-state index < -0.39 is 11.4 Å². The Balaban J connectivity index is 2.30. The van der Waals surface area contributed by atoms with Gasteiger partial charge in [0, 0.05) is 10.9 Å². The van der Waals surface area contributed by atoms with E-state index >= 15 is 0 Å². The van der Waals surface area contributed by atoms with Crippen molar-refractivity contribution in [2.45, 2.75) is 32.8 Å². The van der Waals surface area contributed by atoms with Crippen molar-refractivity contribution in [3.63, 3.8) is 0 Å². The van der Waals surface area contributed by atoms with Crippen LogP contribution in [0.3, 0.4) is 0 Å². The van der Waals surface area contributed by atoms with Crippen LogP contribution in [0.15, 0.2) is 47.4 Å². The summed E-state index contributed by atoms with van der Waals surface area (Å²) in [5.41, 5.74) is 1.05. The van der Waals surface area contributed by atoms with E-state index in [0.717, 1.165) is 10.2 Å². The van der Waals surface area contributed by atoms with Crippen LogP contribution in [0.2, 0.25) is 0 Å². The number of aliphatic hydroxyl groups excluding tert-OH is 1. The van der Waals surface area contributed by atoms with Crippen LogP contribution < -0.4 is 5.56 Å². The smallest absolute Gasteiger partial charge is 0.282 e. The Kier molecular flexibility index (Phi) is 3.97. The Morgan fingerprint density at radius 2 is 1.92 bits per heavy atom. The first kappa shape index (κ1) is 16.3. The van der Waals surface area contributed by atoms with Crippen molar-refractivity contribution in [2.24, 2.45) is 0 Å². The van der Waals surface area contributed by atoms with Gasteiger partial charge in [-0.2, -0.15) is 9.78 Å². The van der Waals surface area contributed by atoms with E-state index in [1.165, 1.54) is 12.3 Å². The first-order valence-corrected chi connectivity index (χ1v) is 7.74. The maximum Gasteiger partial charge on any atom is 0.282 e. The van der Waals surface area contributed by atoms with Gasteiger partial charge in [-0.25, -0.2) is 4.39 Å². The molecule has 2 aromatic carbocycles. The zero-order valence-electron chi connectivity index (χ0n) is 13.9. The van der Waals surface area contributed by atoms with Gasteiger partial charge in [-0.3, -0.25) is 4.79 Å². The van der Waals surface area contributed by atoms with E-state index in [2.05, 4.69) is 5.10 Å². The van der Waals surface area contributed by atoms with E-state index in [4.69, 9.17) is 0 Å². The summed E-state index contributed by atoms with van der Waals surface area (Å²) in [5, 5.41) is 14.1. The molecular weight excluding hydrogens is 307 g/mol. The van der Waals surface area contributed by atoms with Crippen molar-refractivity contribution in [1.82, 2.24) is 9.78 Å². The number of hydrogen-bond acceptors (Lipinski definition) is 3. The predicted molar refractivity (Wildman–Crippen MR) is 91.9 cm³/mol. The molecule has 0 bridgehead atoms. The zero-order chi connectivity index (χ0) is 17.5. The van der Waals surface area contributed by atoms with Crippen LogP contribution >= 0.6 is 0 Å². The fraction of sp³-hybridized carbons (Fsp3) is 0.263.